The van der Waals surface area contributed by atoms with Crippen LogP contribution in [0.5, 0.6) is 0 Å². The summed E-state index contributed by atoms with van der Waals surface area (Å²) in [5.41, 5.74) is 0. The lowest BCUT2D eigenvalue weighted by atomic mass is 9.91. The van der Waals surface area contributed by atoms with Gasteiger partial charge in [0.05, 0.1) is 6.26 Å². The van der Waals surface area contributed by atoms with Crippen LogP contribution in [-0.4, -0.2) is 37.4 Å². The highest BCUT2D eigenvalue weighted by Crippen LogP contribution is 2.34. The molecule has 2 unspecified atom stereocenters. The molecule has 1 aliphatic heterocycles. The Balaban J connectivity index is 1.76. The molecule has 1 heterocycles. The molecule has 2 atom stereocenters. The van der Waals surface area contributed by atoms with Crippen LogP contribution >= 0.6 is 11.6 Å². The zero-order valence-corrected chi connectivity index (χ0v) is 13.4. The molecule has 2 aliphatic rings. The zero-order chi connectivity index (χ0) is 13.9. The van der Waals surface area contributed by atoms with Crippen LogP contribution in [0.1, 0.15) is 51.4 Å². The Kier molecular flexibility index (Phi) is 5.55. The smallest absolute Gasteiger partial charge is 0.211 e. The SMILES string of the molecule is CS(=O)(=O)N1CCCC(CCC(Cl)C2CCCC2)C1. The Hall–Kier alpha value is 0.200. The van der Waals surface area contributed by atoms with Crippen LogP contribution in [0.15, 0.2) is 0 Å². The Bertz CT molecular complexity index is 379. The molecule has 1 saturated carbocycles. The first-order valence-corrected chi connectivity index (χ1v) is 9.84. The summed E-state index contributed by atoms with van der Waals surface area (Å²) in [6.45, 7) is 1.40. The minimum Gasteiger partial charge on any atom is -0.213 e. The molecule has 2 fully saturated rings. The summed E-state index contributed by atoms with van der Waals surface area (Å²) in [5.74, 6) is 1.21. The molecule has 0 spiro atoms. The fourth-order valence-corrected chi connectivity index (χ4v) is 4.83. The topological polar surface area (TPSA) is 37.4 Å². The lowest BCUT2D eigenvalue weighted by Gasteiger charge is -2.31. The van der Waals surface area contributed by atoms with Crippen molar-refractivity contribution in [2.24, 2.45) is 11.8 Å². The predicted octanol–water partition coefficient (Wildman–Crippen LogP) is 3.24. The Labute approximate surface area is 122 Å². The van der Waals surface area contributed by atoms with Crippen LogP contribution in [0.3, 0.4) is 0 Å². The number of hydrogen-bond acceptors (Lipinski definition) is 2. The molecular weight excluding hydrogens is 282 g/mol. The summed E-state index contributed by atoms with van der Waals surface area (Å²) < 4.78 is 24.8. The first-order chi connectivity index (χ1) is 8.97. The second kappa shape index (κ2) is 6.77. The van der Waals surface area contributed by atoms with Gasteiger partial charge in [-0.25, -0.2) is 12.7 Å². The molecule has 0 amide bonds. The van der Waals surface area contributed by atoms with E-state index in [4.69, 9.17) is 11.6 Å². The molecular formula is C14H26ClNO2S. The van der Waals surface area contributed by atoms with E-state index in [1.165, 1.54) is 31.9 Å². The average Bonchev–Trinajstić information content (AvgIpc) is 2.89. The summed E-state index contributed by atoms with van der Waals surface area (Å²) in [6, 6.07) is 0. The van der Waals surface area contributed by atoms with Crippen molar-refractivity contribution in [3.8, 4) is 0 Å². The quantitative estimate of drug-likeness (QED) is 0.731. The van der Waals surface area contributed by atoms with Gasteiger partial charge in [0, 0.05) is 18.5 Å². The van der Waals surface area contributed by atoms with Crippen molar-refractivity contribution in [1.29, 1.82) is 0 Å². The third kappa shape index (κ3) is 4.61. The highest BCUT2D eigenvalue weighted by Gasteiger charge is 2.28. The van der Waals surface area contributed by atoms with Gasteiger partial charge in [-0.3, -0.25) is 0 Å². The van der Waals surface area contributed by atoms with Crippen LogP contribution in [0.25, 0.3) is 0 Å². The van der Waals surface area contributed by atoms with Gasteiger partial charge < -0.3 is 0 Å². The van der Waals surface area contributed by atoms with E-state index in [-0.39, 0.29) is 0 Å². The molecule has 0 aromatic rings. The van der Waals surface area contributed by atoms with Crippen LogP contribution in [-0.2, 0) is 10.0 Å². The second-order valence-electron chi connectivity index (χ2n) is 6.27. The minimum atomic E-state index is -3.01. The van der Waals surface area contributed by atoms with E-state index in [2.05, 4.69) is 0 Å². The molecule has 3 nitrogen and oxygen atoms in total. The van der Waals surface area contributed by atoms with Crippen molar-refractivity contribution >= 4 is 21.6 Å². The molecule has 5 heteroatoms. The van der Waals surface area contributed by atoms with Gasteiger partial charge in [0.1, 0.15) is 0 Å². The van der Waals surface area contributed by atoms with E-state index in [0.717, 1.165) is 25.7 Å². The van der Waals surface area contributed by atoms with E-state index in [0.29, 0.717) is 30.3 Å². The zero-order valence-electron chi connectivity index (χ0n) is 11.9. The number of hydrogen-bond donors (Lipinski definition) is 0. The van der Waals surface area contributed by atoms with Crippen LogP contribution in [0.4, 0.5) is 0 Å². The van der Waals surface area contributed by atoms with Crippen molar-refractivity contribution in [3.05, 3.63) is 0 Å². The third-order valence-corrected chi connectivity index (χ3v) is 6.56. The molecule has 19 heavy (non-hydrogen) atoms. The molecule has 0 bridgehead atoms. The number of piperidine rings is 1. The molecule has 0 aromatic heterocycles. The van der Waals surface area contributed by atoms with Crippen molar-refractivity contribution in [2.75, 3.05) is 19.3 Å². The van der Waals surface area contributed by atoms with Gasteiger partial charge in [0.25, 0.3) is 0 Å². The maximum absolute atomic E-state index is 11.6. The van der Waals surface area contributed by atoms with Gasteiger partial charge >= 0.3 is 0 Å². The molecule has 0 aromatic carbocycles. The molecule has 112 valence electrons. The minimum absolute atomic E-state index is 0.302. The molecule has 0 N–H and O–H groups in total. The van der Waals surface area contributed by atoms with E-state index >= 15 is 0 Å². The number of halogens is 1. The lowest BCUT2D eigenvalue weighted by molar-refractivity contribution is 0.250. The number of alkyl halides is 1. The summed E-state index contributed by atoms with van der Waals surface area (Å²) in [5, 5.41) is 0.302. The van der Waals surface area contributed by atoms with Gasteiger partial charge in [-0.15, -0.1) is 11.6 Å². The fraction of sp³-hybridized carbons (Fsp3) is 1.00. The largest absolute Gasteiger partial charge is 0.213 e. The Morgan fingerprint density at radius 1 is 1.21 bits per heavy atom. The molecule has 1 aliphatic carbocycles. The Morgan fingerprint density at radius 3 is 2.53 bits per heavy atom. The first-order valence-electron chi connectivity index (χ1n) is 7.56. The van der Waals surface area contributed by atoms with Gasteiger partial charge in [0.15, 0.2) is 0 Å². The number of rotatable bonds is 5. The fourth-order valence-electron chi connectivity index (χ4n) is 3.51. The van der Waals surface area contributed by atoms with Crippen LogP contribution in [0.2, 0.25) is 0 Å². The van der Waals surface area contributed by atoms with E-state index in [1.807, 2.05) is 0 Å². The summed E-state index contributed by atoms with van der Waals surface area (Å²) in [6.07, 6.45) is 10.8. The maximum atomic E-state index is 11.6. The van der Waals surface area contributed by atoms with E-state index in [1.54, 1.807) is 4.31 Å². The highest BCUT2D eigenvalue weighted by molar-refractivity contribution is 7.88. The van der Waals surface area contributed by atoms with Crippen LogP contribution in [0, 0.1) is 11.8 Å². The molecule has 0 radical (unpaired) electrons. The summed E-state index contributed by atoms with van der Waals surface area (Å²) in [4.78, 5) is 0. The van der Waals surface area contributed by atoms with Crippen molar-refractivity contribution in [2.45, 2.75) is 56.7 Å². The first kappa shape index (κ1) is 15.6. The molecule has 2 rings (SSSR count). The second-order valence-corrected chi connectivity index (χ2v) is 8.81. The number of nitrogens with zero attached hydrogens (tertiary/aromatic N) is 1. The van der Waals surface area contributed by atoms with Crippen molar-refractivity contribution < 1.29 is 8.42 Å². The third-order valence-electron chi connectivity index (χ3n) is 4.71. The Morgan fingerprint density at radius 2 is 1.89 bits per heavy atom. The standard InChI is InChI=1S/C14H26ClNO2S/c1-19(17,18)16-10-4-5-12(11-16)8-9-14(15)13-6-2-3-7-13/h12-14H,2-11H2,1H3. The predicted molar refractivity (Wildman–Crippen MR) is 80.0 cm³/mol. The monoisotopic (exact) mass is 307 g/mol. The van der Waals surface area contributed by atoms with E-state index in [9.17, 15) is 8.42 Å². The molecule has 1 saturated heterocycles. The summed E-state index contributed by atoms with van der Waals surface area (Å²) in [7, 11) is -3.01. The van der Waals surface area contributed by atoms with Gasteiger partial charge in [-0.2, -0.15) is 0 Å². The lowest BCUT2D eigenvalue weighted by Crippen LogP contribution is -2.39. The van der Waals surface area contributed by atoms with Gasteiger partial charge in [-0.05, 0) is 50.4 Å². The van der Waals surface area contributed by atoms with Crippen LogP contribution < -0.4 is 0 Å². The van der Waals surface area contributed by atoms with Crippen molar-refractivity contribution in [3.63, 3.8) is 0 Å². The number of sulfonamides is 1. The highest BCUT2D eigenvalue weighted by atomic mass is 35.5. The normalized spacial score (nSPS) is 28.6. The van der Waals surface area contributed by atoms with E-state index < -0.39 is 10.0 Å². The van der Waals surface area contributed by atoms with Crippen molar-refractivity contribution in [1.82, 2.24) is 4.31 Å². The van der Waals surface area contributed by atoms with Gasteiger partial charge in [-0.1, -0.05) is 12.8 Å². The maximum Gasteiger partial charge on any atom is 0.211 e. The average molecular weight is 308 g/mol. The summed E-state index contributed by atoms with van der Waals surface area (Å²) >= 11 is 6.50. The van der Waals surface area contributed by atoms with Gasteiger partial charge in [0.2, 0.25) is 10.0 Å².